The lowest BCUT2D eigenvalue weighted by atomic mass is 10.0. The van der Waals surface area contributed by atoms with Crippen molar-refractivity contribution in [1.82, 2.24) is 0 Å². The molecule has 0 aromatic rings. The predicted molar refractivity (Wildman–Crippen MR) is 99.9 cm³/mol. The SMILES string of the molecule is CCCCCCCCCCCCCC[N+]1(CC)C=CC=CC1. The van der Waals surface area contributed by atoms with Gasteiger partial charge in [-0.15, -0.1) is 0 Å². The van der Waals surface area contributed by atoms with Crippen molar-refractivity contribution in [3.63, 3.8) is 0 Å². The van der Waals surface area contributed by atoms with E-state index in [9.17, 15) is 0 Å². The van der Waals surface area contributed by atoms with Crippen LogP contribution in [-0.4, -0.2) is 24.1 Å². The van der Waals surface area contributed by atoms with E-state index in [4.69, 9.17) is 0 Å². The summed E-state index contributed by atoms with van der Waals surface area (Å²) in [5.41, 5.74) is 0. The zero-order valence-corrected chi connectivity index (χ0v) is 15.4. The second kappa shape index (κ2) is 12.9. The summed E-state index contributed by atoms with van der Waals surface area (Å²) in [6, 6.07) is 0. The van der Waals surface area contributed by atoms with Gasteiger partial charge in [-0.05, 0) is 31.9 Å². The first-order valence-corrected chi connectivity index (χ1v) is 10.0. The molecule has 0 spiro atoms. The molecule has 0 fully saturated rings. The summed E-state index contributed by atoms with van der Waals surface area (Å²) in [6.07, 6.45) is 26.4. The Labute approximate surface area is 140 Å². The highest BCUT2D eigenvalue weighted by atomic mass is 15.3. The minimum atomic E-state index is 1.17. The van der Waals surface area contributed by atoms with Gasteiger partial charge in [0.1, 0.15) is 6.54 Å². The van der Waals surface area contributed by atoms with E-state index in [-0.39, 0.29) is 0 Å². The molecule has 1 aliphatic rings. The maximum absolute atomic E-state index is 2.40. The second-order valence-corrected chi connectivity index (χ2v) is 7.10. The molecule has 0 radical (unpaired) electrons. The predicted octanol–water partition coefficient (Wildman–Crippen LogP) is 6.61. The molecule has 1 heterocycles. The van der Waals surface area contributed by atoms with Crippen LogP contribution in [0.2, 0.25) is 0 Å². The molecule has 0 saturated carbocycles. The number of hydrogen-bond acceptors (Lipinski definition) is 0. The summed E-state index contributed by atoms with van der Waals surface area (Å²) in [4.78, 5) is 0. The number of rotatable bonds is 14. The number of hydrogen-bond donors (Lipinski definition) is 0. The van der Waals surface area contributed by atoms with E-state index >= 15 is 0 Å². The molecule has 0 saturated heterocycles. The van der Waals surface area contributed by atoms with E-state index in [1.165, 1.54) is 101 Å². The lowest BCUT2D eigenvalue weighted by molar-refractivity contribution is -0.872. The molecule has 1 heteroatoms. The summed E-state index contributed by atoms with van der Waals surface area (Å²) in [6.45, 7) is 8.38. The van der Waals surface area contributed by atoms with Gasteiger partial charge in [0.25, 0.3) is 0 Å². The van der Waals surface area contributed by atoms with Crippen LogP contribution in [0.15, 0.2) is 24.4 Å². The lowest BCUT2D eigenvalue weighted by Crippen LogP contribution is -2.44. The van der Waals surface area contributed by atoms with E-state index < -0.39 is 0 Å². The largest absolute Gasteiger partial charge is 0.294 e. The summed E-state index contributed by atoms with van der Waals surface area (Å²) >= 11 is 0. The van der Waals surface area contributed by atoms with Crippen LogP contribution in [0.25, 0.3) is 0 Å². The fourth-order valence-corrected chi connectivity index (χ4v) is 3.47. The van der Waals surface area contributed by atoms with Gasteiger partial charge in [-0.1, -0.05) is 77.2 Å². The Balaban J connectivity index is 1.87. The smallest absolute Gasteiger partial charge is 0.102 e. The third kappa shape index (κ3) is 8.78. The Morgan fingerprint density at radius 1 is 0.682 bits per heavy atom. The van der Waals surface area contributed by atoms with Gasteiger partial charge in [-0.2, -0.15) is 0 Å². The van der Waals surface area contributed by atoms with Crippen LogP contribution in [0, 0.1) is 0 Å². The highest BCUT2D eigenvalue weighted by Crippen LogP contribution is 2.16. The normalized spacial score (nSPS) is 20.6. The molecule has 0 amide bonds. The molecule has 0 bridgehead atoms. The Hall–Kier alpha value is -0.560. The monoisotopic (exact) mass is 306 g/mol. The average molecular weight is 307 g/mol. The molecule has 1 nitrogen and oxygen atoms in total. The third-order valence-electron chi connectivity index (χ3n) is 5.21. The van der Waals surface area contributed by atoms with Gasteiger partial charge in [0.2, 0.25) is 0 Å². The van der Waals surface area contributed by atoms with Crippen molar-refractivity contribution in [3.05, 3.63) is 24.4 Å². The Morgan fingerprint density at radius 2 is 1.23 bits per heavy atom. The van der Waals surface area contributed by atoms with Crippen molar-refractivity contribution >= 4 is 0 Å². The topological polar surface area (TPSA) is 0 Å². The van der Waals surface area contributed by atoms with Crippen LogP contribution in [0.4, 0.5) is 0 Å². The van der Waals surface area contributed by atoms with Crippen LogP contribution >= 0.6 is 0 Å². The Kier molecular flexibility index (Phi) is 11.5. The molecule has 1 aliphatic heterocycles. The maximum Gasteiger partial charge on any atom is 0.102 e. The van der Waals surface area contributed by atoms with E-state index in [1.54, 1.807) is 0 Å². The van der Waals surface area contributed by atoms with Crippen molar-refractivity contribution in [2.24, 2.45) is 0 Å². The minimum absolute atomic E-state index is 1.17. The number of nitrogens with zero attached hydrogens (tertiary/aromatic N) is 1. The quantitative estimate of drug-likeness (QED) is 0.250. The number of unbranched alkanes of at least 4 members (excludes halogenated alkanes) is 11. The fourth-order valence-electron chi connectivity index (χ4n) is 3.47. The van der Waals surface area contributed by atoms with Gasteiger partial charge in [0.15, 0.2) is 0 Å². The van der Waals surface area contributed by atoms with Gasteiger partial charge < -0.3 is 0 Å². The van der Waals surface area contributed by atoms with Crippen molar-refractivity contribution in [1.29, 1.82) is 0 Å². The summed E-state index contributed by atoms with van der Waals surface area (Å²) in [5.74, 6) is 0. The number of quaternary nitrogens is 1. The van der Waals surface area contributed by atoms with Gasteiger partial charge in [0.05, 0.1) is 19.3 Å². The first kappa shape index (κ1) is 19.5. The van der Waals surface area contributed by atoms with Gasteiger partial charge in [-0.3, -0.25) is 4.48 Å². The molecule has 1 rings (SSSR count). The molecule has 128 valence electrons. The lowest BCUT2D eigenvalue weighted by Gasteiger charge is -2.34. The van der Waals surface area contributed by atoms with Crippen LogP contribution in [0.5, 0.6) is 0 Å². The van der Waals surface area contributed by atoms with Crippen LogP contribution in [0.3, 0.4) is 0 Å². The van der Waals surface area contributed by atoms with Crippen molar-refractivity contribution in [2.45, 2.75) is 90.9 Å². The van der Waals surface area contributed by atoms with E-state index in [0.29, 0.717) is 0 Å². The first-order valence-electron chi connectivity index (χ1n) is 10.0. The standard InChI is InChI=1S/C21H40N/c1-3-5-6-7-8-9-10-11-12-13-14-16-19-22(4-2)20-17-15-18-21-22/h15,17-18,20H,3-14,16,19,21H2,1-2H3/q+1. The molecule has 0 N–H and O–H groups in total. The summed E-state index contributed by atoms with van der Waals surface area (Å²) < 4.78 is 1.17. The zero-order valence-electron chi connectivity index (χ0n) is 15.4. The molecule has 0 aromatic carbocycles. The van der Waals surface area contributed by atoms with Crippen LogP contribution < -0.4 is 0 Å². The third-order valence-corrected chi connectivity index (χ3v) is 5.21. The van der Waals surface area contributed by atoms with Crippen molar-refractivity contribution in [2.75, 3.05) is 19.6 Å². The molecule has 1 unspecified atom stereocenters. The zero-order chi connectivity index (χ0) is 15.9. The van der Waals surface area contributed by atoms with E-state index in [0.717, 1.165) is 0 Å². The summed E-state index contributed by atoms with van der Waals surface area (Å²) in [5, 5.41) is 0. The fraction of sp³-hybridized carbons (Fsp3) is 0.810. The van der Waals surface area contributed by atoms with Crippen molar-refractivity contribution < 1.29 is 4.48 Å². The first-order chi connectivity index (χ1) is 10.8. The Morgan fingerprint density at radius 3 is 1.68 bits per heavy atom. The molecular formula is C21H40N+. The number of likely N-dealkylation sites (N-methyl/N-ethyl adjacent to an activating group) is 1. The molecular weight excluding hydrogens is 266 g/mol. The van der Waals surface area contributed by atoms with E-state index in [1.807, 2.05) is 0 Å². The molecule has 1 atom stereocenters. The maximum atomic E-state index is 2.40. The molecule has 0 aromatic heterocycles. The minimum Gasteiger partial charge on any atom is -0.294 e. The highest BCUT2D eigenvalue weighted by molar-refractivity contribution is 5.03. The number of allylic oxidation sites excluding steroid dienone is 2. The van der Waals surface area contributed by atoms with Gasteiger partial charge in [-0.25, -0.2) is 0 Å². The second-order valence-electron chi connectivity index (χ2n) is 7.10. The summed E-state index contributed by atoms with van der Waals surface area (Å²) in [7, 11) is 0. The van der Waals surface area contributed by atoms with Crippen LogP contribution in [0.1, 0.15) is 90.9 Å². The molecule has 22 heavy (non-hydrogen) atoms. The Bertz CT molecular complexity index is 305. The van der Waals surface area contributed by atoms with Gasteiger partial charge in [0, 0.05) is 0 Å². The van der Waals surface area contributed by atoms with Gasteiger partial charge >= 0.3 is 0 Å². The van der Waals surface area contributed by atoms with Crippen molar-refractivity contribution in [3.8, 4) is 0 Å². The van der Waals surface area contributed by atoms with E-state index in [2.05, 4.69) is 38.3 Å². The molecule has 0 aliphatic carbocycles. The van der Waals surface area contributed by atoms with Crippen LogP contribution in [-0.2, 0) is 0 Å². The highest BCUT2D eigenvalue weighted by Gasteiger charge is 2.21. The average Bonchev–Trinajstić information content (AvgIpc) is 2.57.